The SMILES string of the molecule is CC(=O)c1ccc(-c2cccc(F)c2C)s1. The smallest absolute Gasteiger partial charge is 0.169 e. The summed E-state index contributed by atoms with van der Waals surface area (Å²) in [6, 6.07) is 8.65. The maximum absolute atomic E-state index is 13.4. The first-order valence-electron chi connectivity index (χ1n) is 4.96. The van der Waals surface area contributed by atoms with E-state index in [0.717, 1.165) is 10.4 Å². The molecule has 0 atom stereocenters. The van der Waals surface area contributed by atoms with E-state index in [9.17, 15) is 9.18 Å². The molecule has 1 nitrogen and oxygen atoms in total. The molecule has 0 aliphatic heterocycles. The number of carbonyl (C=O) groups excluding carboxylic acids is 1. The Kier molecular flexibility index (Phi) is 2.88. The molecule has 0 unspecified atom stereocenters. The number of Topliss-reactive ketones (excluding diaryl/α,β-unsaturated/α-hetero) is 1. The molecule has 0 fully saturated rings. The molecule has 0 aliphatic rings. The van der Waals surface area contributed by atoms with Crippen molar-refractivity contribution in [2.24, 2.45) is 0 Å². The van der Waals surface area contributed by atoms with Crippen LogP contribution < -0.4 is 0 Å². The molecule has 3 heteroatoms. The zero-order valence-corrected chi connectivity index (χ0v) is 9.90. The number of halogens is 1. The summed E-state index contributed by atoms with van der Waals surface area (Å²) in [5.41, 5.74) is 1.48. The largest absolute Gasteiger partial charge is 0.294 e. The summed E-state index contributed by atoms with van der Waals surface area (Å²) in [4.78, 5) is 12.8. The van der Waals surface area contributed by atoms with Crippen LogP contribution in [0.1, 0.15) is 22.2 Å². The van der Waals surface area contributed by atoms with E-state index in [1.54, 1.807) is 19.1 Å². The number of thiophene rings is 1. The van der Waals surface area contributed by atoms with Gasteiger partial charge in [0.1, 0.15) is 5.82 Å². The minimum atomic E-state index is -0.213. The van der Waals surface area contributed by atoms with E-state index in [2.05, 4.69) is 0 Å². The lowest BCUT2D eigenvalue weighted by molar-refractivity contribution is 0.102. The second-order valence-corrected chi connectivity index (χ2v) is 4.72. The highest BCUT2D eigenvalue weighted by Crippen LogP contribution is 2.31. The van der Waals surface area contributed by atoms with Crippen molar-refractivity contribution in [1.29, 1.82) is 0 Å². The van der Waals surface area contributed by atoms with Crippen LogP contribution in [0.3, 0.4) is 0 Å². The molecule has 2 aromatic rings. The Hall–Kier alpha value is -1.48. The fourth-order valence-electron chi connectivity index (χ4n) is 1.55. The third-order valence-electron chi connectivity index (χ3n) is 2.49. The third kappa shape index (κ3) is 1.91. The second kappa shape index (κ2) is 4.18. The van der Waals surface area contributed by atoms with Gasteiger partial charge in [-0.05, 0) is 43.2 Å². The molecule has 1 aromatic heterocycles. The number of ketones is 1. The molecule has 0 radical (unpaired) electrons. The summed E-state index contributed by atoms with van der Waals surface area (Å²) in [5.74, 6) is -0.166. The zero-order valence-electron chi connectivity index (χ0n) is 9.08. The van der Waals surface area contributed by atoms with Gasteiger partial charge in [0.25, 0.3) is 0 Å². The standard InChI is InChI=1S/C13H11FOS/c1-8-10(4-3-5-11(8)14)13-7-6-12(16-13)9(2)15/h3-7H,1-2H3. The Morgan fingerprint density at radius 3 is 2.62 bits per heavy atom. The van der Waals surface area contributed by atoms with Crippen LogP contribution in [0.4, 0.5) is 4.39 Å². The highest BCUT2D eigenvalue weighted by atomic mass is 32.1. The fraction of sp³-hybridized carbons (Fsp3) is 0.154. The van der Waals surface area contributed by atoms with Gasteiger partial charge in [0.05, 0.1) is 4.88 Å². The van der Waals surface area contributed by atoms with Crippen molar-refractivity contribution >= 4 is 17.1 Å². The molecule has 0 spiro atoms. The van der Waals surface area contributed by atoms with Gasteiger partial charge in [0.15, 0.2) is 5.78 Å². The number of carbonyl (C=O) groups is 1. The first-order chi connectivity index (χ1) is 7.59. The van der Waals surface area contributed by atoms with Crippen LogP contribution >= 0.6 is 11.3 Å². The molecule has 1 aromatic carbocycles. The van der Waals surface area contributed by atoms with Gasteiger partial charge in [-0.3, -0.25) is 4.79 Å². The highest BCUT2D eigenvalue weighted by Gasteiger charge is 2.09. The second-order valence-electron chi connectivity index (χ2n) is 3.63. The van der Waals surface area contributed by atoms with Crippen LogP contribution in [0.2, 0.25) is 0 Å². The Morgan fingerprint density at radius 1 is 1.25 bits per heavy atom. The average Bonchev–Trinajstić information content (AvgIpc) is 2.71. The van der Waals surface area contributed by atoms with E-state index in [4.69, 9.17) is 0 Å². The summed E-state index contributed by atoms with van der Waals surface area (Å²) >= 11 is 1.40. The first-order valence-corrected chi connectivity index (χ1v) is 5.77. The van der Waals surface area contributed by atoms with E-state index in [0.29, 0.717) is 10.4 Å². The molecule has 0 aliphatic carbocycles. The van der Waals surface area contributed by atoms with Gasteiger partial charge in [-0.2, -0.15) is 0 Å². The van der Waals surface area contributed by atoms with Gasteiger partial charge in [-0.15, -0.1) is 11.3 Å². The summed E-state index contributed by atoms with van der Waals surface area (Å²) in [7, 11) is 0. The van der Waals surface area contributed by atoms with Crippen molar-refractivity contribution in [1.82, 2.24) is 0 Å². The van der Waals surface area contributed by atoms with Gasteiger partial charge in [0, 0.05) is 4.88 Å². The molecule has 0 amide bonds. The van der Waals surface area contributed by atoms with Crippen molar-refractivity contribution in [3.8, 4) is 10.4 Å². The Labute approximate surface area is 97.6 Å². The van der Waals surface area contributed by atoms with Gasteiger partial charge in [-0.25, -0.2) is 4.39 Å². The monoisotopic (exact) mass is 234 g/mol. The molecule has 0 bridgehead atoms. The molecule has 1 heterocycles. The molecule has 0 saturated heterocycles. The van der Waals surface area contributed by atoms with Gasteiger partial charge < -0.3 is 0 Å². The molecule has 2 rings (SSSR count). The molecule has 16 heavy (non-hydrogen) atoms. The Balaban J connectivity index is 2.50. The number of hydrogen-bond donors (Lipinski definition) is 0. The zero-order chi connectivity index (χ0) is 11.7. The van der Waals surface area contributed by atoms with E-state index < -0.39 is 0 Å². The van der Waals surface area contributed by atoms with Crippen molar-refractivity contribution in [2.75, 3.05) is 0 Å². The summed E-state index contributed by atoms with van der Waals surface area (Å²) < 4.78 is 13.4. The van der Waals surface area contributed by atoms with Crippen molar-refractivity contribution in [3.63, 3.8) is 0 Å². The maximum atomic E-state index is 13.4. The quantitative estimate of drug-likeness (QED) is 0.716. The first kappa shape index (κ1) is 11.0. The summed E-state index contributed by atoms with van der Waals surface area (Å²) in [6.07, 6.45) is 0. The van der Waals surface area contributed by atoms with E-state index in [-0.39, 0.29) is 11.6 Å². The molecular weight excluding hydrogens is 223 g/mol. The minimum absolute atomic E-state index is 0.0466. The average molecular weight is 234 g/mol. The van der Waals surface area contributed by atoms with Gasteiger partial charge in [-0.1, -0.05) is 12.1 Å². The normalized spacial score (nSPS) is 10.4. The molecule has 0 N–H and O–H groups in total. The molecular formula is C13H11FOS. The van der Waals surface area contributed by atoms with Gasteiger partial charge in [0.2, 0.25) is 0 Å². The fourth-order valence-corrected chi connectivity index (χ4v) is 2.53. The van der Waals surface area contributed by atoms with E-state index >= 15 is 0 Å². The Morgan fingerprint density at radius 2 is 2.00 bits per heavy atom. The lowest BCUT2D eigenvalue weighted by Gasteiger charge is -2.03. The lowest BCUT2D eigenvalue weighted by atomic mass is 10.1. The lowest BCUT2D eigenvalue weighted by Crippen LogP contribution is -1.85. The van der Waals surface area contributed by atoms with Crippen LogP contribution in [0.25, 0.3) is 10.4 Å². The van der Waals surface area contributed by atoms with Crippen molar-refractivity contribution < 1.29 is 9.18 Å². The third-order valence-corrected chi connectivity index (χ3v) is 3.71. The number of hydrogen-bond acceptors (Lipinski definition) is 2. The highest BCUT2D eigenvalue weighted by molar-refractivity contribution is 7.17. The minimum Gasteiger partial charge on any atom is -0.294 e. The molecule has 82 valence electrons. The predicted octanol–water partition coefficient (Wildman–Crippen LogP) is 4.07. The topological polar surface area (TPSA) is 17.1 Å². The van der Waals surface area contributed by atoms with Crippen molar-refractivity contribution in [2.45, 2.75) is 13.8 Å². The number of benzene rings is 1. The van der Waals surface area contributed by atoms with Crippen molar-refractivity contribution in [3.05, 3.63) is 46.6 Å². The van der Waals surface area contributed by atoms with E-state index in [1.807, 2.05) is 12.1 Å². The van der Waals surface area contributed by atoms with Crippen LogP contribution in [-0.4, -0.2) is 5.78 Å². The maximum Gasteiger partial charge on any atom is 0.169 e. The summed E-state index contributed by atoms with van der Waals surface area (Å²) in [6.45, 7) is 3.28. The van der Waals surface area contributed by atoms with Crippen LogP contribution in [0.5, 0.6) is 0 Å². The molecule has 0 saturated carbocycles. The van der Waals surface area contributed by atoms with Crippen LogP contribution in [-0.2, 0) is 0 Å². The summed E-state index contributed by atoms with van der Waals surface area (Å²) in [5, 5.41) is 0. The van der Waals surface area contributed by atoms with Gasteiger partial charge >= 0.3 is 0 Å². The number of rotatable bonds is 2. The Bertz CT molecular complexity index is 543. The van der Waals surface area contributed by atoms with E-state index in [1.165, 1.54) is 24.3 Å². The van der Waals surface area contributed by atoms with Crippen LogP contribution in [0.15, 0.2) is 30.3 Å². The van der Waals surface area contributed by atoms with Crippen LogP contribution in [0, 0.1) is 12.7 Å². The predicted molar refractivity (Wildman–Crippen MR) is 64.5 cm³/mol.